The second-order valence-corrected chi connectivity index (χ2v) is 6.02. The lowest BCUT2D eigenvalue weighted by atomic mass is 10.00. The van der Waals surface area contributed by atoms with Crippen LogP contribution in [0.4, 0.5) is 5.82 Å². The molecule has 1 aromatic rings. The van der Waals surface area contributed by atoms with Gasteiger partial charge in [-0.15, -0.1) is 0 Å². The number of hydrogen-bond acceptors (Lipinski definition) is 4. The molecule has 0 radical (unpaired) electrons. The van der Waals surface area contributed by atoms with Crippen molar-refractivity contribution in [2.24, 2.45) is 0 Å². The highest BCUT2D eigenvalue weighted by molar-refractivity contribution is 5.93. The lowest BCUT2D eigenvalue weighted by Crippen LogP contribution is -2.45. The molecule has 3 heterocycles. The van der Waals surface area contributed by atoms with Crippen molar-refractivity contribution in [2.45, 2.75) is 43.9 Å². The van der Waals surface area contributed by atoms with Gasteiger partial charge < -0.3 is 14.9 Å². The Hall–Kier alpha value is -1.62. The van der Waals surface area contributed by atoms with Crippen LogP contribution in [-0.4, -0.2) is 53.2 Å². The van der Waals surface area contributed by atoms with Crippen LogP contribution in [0.1, 0.15) is 36.0 Å². The number of amides is 1. The third-order valence-corrected chi connectivity index (χ3v) is 4.37. The minimum absolute atomic E-state index is 0.0268. The second-order valence-electron chi connectivity index (χ2n) is 6.02. The summed E-state index contributed by atoms with van der Waals surface area (Å²) in [7, 11) is 3.48. The molecule has 0 spiro atoms. The fraction of sp³-hybridized carbons (Fsp3) is 0.600. The molecule has 3 rings (SSSR count). The number of aliphatic hydroxyl groups is 1. The molecule has 2 aliphatic heterocycles. The highest BCUT2D eigenvalue weighted by Gasteiger charge is 2.40. The van der Waals surface area contributed by atoms with E-state index in [2.05, 4.69) is 9.88 Å². The van der Waals surface area contributed by atoms with Crippen molar-refractivity contribution in [3.63, 3.8) is 0 Å². The number of piperidine rings is 1. The summed E-state index contributed by atoms with van der Waals surface area (Å²) in [5.74, 6) is 0.904. The molecular formula is C15H21N3O2. The number of rotatable bonds is 2. The topological polar surface area (TPSA) is 56.7 Å². The van der Waals surface area contributed by atoms with Crippen LogP contribution >= 0.6 is 0 Å². The van der Waals surface area contributed by atoms with Crippen LogP contribution in [-0.2, 0) is 0 Å². The summed E-state index contributed by atoms with van der Waals surface area (Å²) < 4.78 is 0. The van der Waals surface area contributed by atoms with Gasteiger partial charge in [-0.3, -0.25) is 4.79 Å². The van der Waals surface area contributed by atoms with Gasteiger partial charge in [-0.1, -0.05) is 0 Å². The van der Waals surface area contributed by atoms with E-state index in [0.717, 1.165) is 31.5 Å². The number of carbonyl (C=O) groups is 1. The minimum atomic E-state index is -0.168. The zero-order valence-electron chi connectivity index (χ0n) is 12.0. The molecule has 2 atom stereocenters. The standard InChI is InChI=1S/C15H21N3O2/c1-17(2)15(20)10-3-6-14(16-9-10)18-11-4-5-12(18)8-13(19)7-11/h3,6,9,11-13,19H,4-5,7-8H2,1-2H3. The molecule has 2 bridgehead atoms. The van der Waals surface area contributed by atoms with Crippen molar-refractivity contribution in [1.29, 1.82) is 0 Å². The normalized spacial score (nSPS) is 28.6. The lowest BCUT2D eigenvalue weighted by molar-refractivity contribution is 0.0827. The van der Waals surface area contributed by atoms with Crippen molar-refractivity contribution in [3.8, 4) is 0 Å². The maximum atomic E-state index is 11.9. The maximum Gasteiger partial charge on any atom is 0.254 e. The van der Waals surface area contributed by atoms with E-state index in [1.54, 1.807) is 25.2 Å². The highest BCUT2D eigenvalue weighted by atomic mass is 16.3. The quantitative estimate of drug-likeness (QED) is 0.883. The number of carbonyl (C=O) groups excluding carboxylic acids is 1. The van der Waals surface area contributed by atoms with Gasteiger partial charge in [0.1, 0.15) is 5.82 Å². The molecule has 1 aromatic heterocycles. The fourth-order valence-electron chi connectivity index (χ4n) is 3.45. The zero-order valence-corrected chi connectivity index (χ0v) is 12.0. The number of anilines is 1. The monoisotopic (exact) mass is 275 g/mol. The number of pyridine rings is 1. The first kappa shape index (κ1) is 13.4. The Morgan fingerprint density at radius 3 is 2.45 bits per heavy atom. The summed E-state index contributed by atoms with van der Waals surface area (Å²) in [6.45, 7) is 0. The number of aromatic nitrogens is 1. The third-order valence-electron chi connectivity index (χ3n) is 4.37. The maximum absolute atomic E-state index is 11.9. The molecule has 108 valence electrons. The molecule has 20 heavy (non-hydrogen) atoms. The molecule has 5 nitrogen and oxygen atoms in total. The van der Waals surface area contributed by atoms with Crippen LogP contribution in [0, 0.1) is 0 Å². The second kappa shape index (κ2) is 5.05. The summed E-state index contributed by atoms with van der Waals surface area (Å²) in [6.07, 6.45) is 5.40. The smallest absolute Gasteiger partial charge is 0.254 e. The summed E-state index contributed by atoms with van der Waals surface area (Å²) in [5, 5.41) is 9.84. The predicted octanol–water partition coefficient (Wildman–Crippen LogP) is 1.28. The molecule has 2 fully saturated rings. The molecule has 0 saturated carbocycles. The summed E-state index contributed by atoms with van der Waals surface area (Å²) in [6, 6.07) is 4.56. The Labute approximate surface area is 119 Å². The molecule has 2 unspecified atom stereocenters. The minimum Gasteiger partial charge on any atom is -0.393 e. The molecule has 5 heteroatoms. The Kier molecular flexibility index (Phi) is 3.38. The molecule has 0 aromatic carbocycles. The highest BCUT2D eigenvalue weighted by Crippen LogP contribution is 2.38. The van der Waals surface area contributed by atoms with E-state index in [-0.39, 0.29) is 12.0 Å². The van der Waals surface area contributed by atoms with Gasteiger partial charge in [0, 0.05) is 32.4 Å². The van der Waals surface area contributed by atoms with Gasteiger partial charge in [-0.25, -0.2) is 4.98 Å². The number of fused-ring (bicyclic) bond motifs is 2. The molecule has 2 saturated heterocycles. The molecule has 0 aliphatic carbocycles. The SMILES string of the molecule is CN(C)C(=O)c1ccc(N2C3CCC2CC(O)C3)nc1. The summed E-state index contributed by atoms with van der Waals surface area (Å²) >= 11 is 0. The zero-order chi connectivity index (χ0) is 14.3. The van der Waals surface area contributed by atoms with Crippen molar-refractivity contribution in [1.82, 2.24) is 9.88 Å². The van der Waals surface area contributed by atoms with Gasteiger partial charge in [0.2, 0.25) is 0 Å². The van der Waals surface area contributed by atoms with Crippen LogP contribution in [0.25, 0.3) is 0 Å². The van der Waals surface area contributed by atoms with Crippen molar-refractivity contribution in [3.05, 3.63) is 23.9 Å². The van der Waals surface area contributed by atoms with Crippen LogP contribution in [0.2, 0.25) is 0 Å². The largest absolute Gasteiger partial charge is 0.393 e. The Morgan fingerprint density at radius 1 is 1.30 bits per heavy atom. The van der Waals surface area contributed by atoms with Crippen molar-refractivity contribution in [2.75, 3.05) is 19.0 Å². The average molecular weight is 275 g/mol. The van der Waals surface area contributed by atoms with E-state index < -0.39 is 0 Å². The van der Waals surface area contributed by atoms with Gasteiger partial charge in [0.05, 0.1) is 11.7 Å². The predicted molar refractivity (Wildman–Crippen MR) is 76.8 cm³/mol. The van der Waals surface area contributed by atoms with Crippen LogP contribution in [0.3, 0.4) is 0 Å². The van der Waals surface area contributed by atoms with Crippen molar-refractivity contribution < 1.29 is 9.90 Å². The van der Waals surface area contributed by atoms with E-state index in [1.807, 2.05) is 12.1 Å². The summed E-state index contributed by atoms with van der Waals surface area (Å²) in [5.41, 5.74) is 0.614. The van der Waals surface area contributed by atoms with Crippen LogP contribution < -0.4 is 4.90 Å². The van der Waals surface area contributed by atoms with Gasteiger partial charge in [-0.05, 0) is 37.8 Å². The van der Waals surface area contributed by atoms with Crippen LogP contribution in [0.5, 0.6) is 0 Å². The van der Waals surface area contributed by atoms with Gasteiger partial charge in [0.25, 0.3) is 5.91 Å². The van der Waals surface area contributed by atoms with E-state index in [9.17, 15) is 9.90 Å². The fourth-order valence-corrected chi connectivity index (χ4v) is 3.45. The Morgan fingerprint density at radius 2 is 1.95 bits per heavy atom. The first-order valence-electron chi connectivity index (χ1n) is 7.20. The Bertz CT molecular complexity index is 486. The van der Waals surface area contributed by atoms with E-state index >= 15 is 0 Å². The number of aliphatic hydroxyl groups excluding tert-OH is 1. The Balaban J connectivity index is 1.80. The number of nitrogens with zero attached hydrogens (tertiary/aromatic N) is 3. The van der Waals surface area contributed by atoms with Gasteiger partial charge >= 0.3 is 0 Å². The average Bonchev–Trinajstić information content (AvgIpc) is 2.70. The first-order chi connectivity index (χ1) is 9.56. The van der Waals surface area contributed by atoms with Gasteiger partial charge in [0.15, 0.2) is 0 Å². The molecule has 2 aliphatic rings. The first-order valence-corrected chi connectivity index (χ1v) is 7.20. The summed E-state index contributed by atoms with van der Waals surface area (Å²) in [4.78, 5) is 20.2. The van der Waals surface area contributed by atoms with Gasteiger partial charge in [-0.2, -0.15) is 0 Å². The molecule has 1 N–H and O–H groups in total. The van der Waals surface area contributed by atoms with E-state index in [4.69, 9.17) is 0 Å². The molecular weight excluding hydrogens is 254 g/mol. The van der Waals surface area contributed by atoms with E-state index in [0.29, 0.717) is 17.6 Å². The van der Waals surface area contributed by atoms with E-state index in [1.165, 1.54) is 0 Å². The molecule has 1 amide bonds. The van der Waals surface area contributed by atoms with Crippen molar-refractivity contribution >= 4 is 11.7 Å². The van der Waals surface area contributed by atoms with Crippen LogP contribution in [0.15, 0.2) is 18.3 Å². The lowest BCUT2D eigenvalue weighted by Gasteiger charge is -2.38. The third kappa shape index (κ3) is 2.26. The number of hydrogen-bond donors (Lipinski definition) is 1.